The Bertz CT molecular complexity index is 1430. The van der Waals surface area contributed by atoms with E-state index in [0.29, 0.717) is 10.6 Å². The number of aromatic carboxylic acids is 1. The Morgan fingerprint density at radius 2 is 1.85 bits per heavy atom. The second kappa shape index (κ2) is 8.69. The minimum Gasteiger partial charge on any atom is -0.478 e. The van der Waals surface area contributed by atoms with Gasteiger partial charge in [-0.1, -0.05) is 6.07 Å². The molecule has 0 spiro atoms. The lowest BCUT2D eigenvalue weighted by Gasteiger charge is -2.09. The van der Waals surface area contributed by atoms with Crippen LogP contribution in [-0.4, -0.2) is 25.4 Å². The van der Waals surface area contributed by atoms with E-state index in [-0.39, 0.29) is 26.6 Å². The average molecular weight is 482 g/mol. The van der Waals surface area contributed by atoms with Gasteiger partial charge in [-0.2, -0.15) is 5.26 Å². The molecule has 3 aromatic rings. The highest BCUT2D eigenvalue weighted by molar-refractivity contribution is 7.93. The van der Waals surface area contributed by atoms with Gasteiger partial charge in [0, 0.05) is 10.6 Å². The molecule has 0 fully saturated rings. The topological polar surface area (TPSA) is 136 Å². The minimum atomic E-state index is -3.93. The summed E-state index contributed by atoms with van der Waals surface area (Å²) in [5.74, 6) is -1.94. The summed E-state index contributed by atoms with van der Waals surface area (Å²) < 4.78 is 28.6. The smallest absolute Gasteiger partial charge is 0.337 e. The van der Waals surface area contributed by atoms with Gasteiger partial charge in [-0.05, 0) is 73.7 Å². The molecular weight excluding hydrogens is 462 g/mol. The van der Waals surface area contributed by atoms with Crippen LogP contribution in [0.3, 0.4) is 0 Å². The van der Waals surface area contributed by atoms with Gasteiger partial charge in [0.05, 0.1) is 27.8 Å². The first-order valence-electron chi connectivity index (χ1n) is 10.0. The van der Waals surface area contributed by atoms with Crippen LogP contribution >= 0.6 is 11.3 Å². The fourth-order valence-electron chi connectivity index (χ4n) is 3.77. The van der Waals surface area contributed by atoms with Crippen molar-refractivity contribution in [2.24, 2.45) is 0 Å². The van der Waals surface area contributed by atoms with E-state index in [1.54, 1.807) is 13.0 Å². The van der Waals surface area contributed by atoms with E-state index in [2.05, 4.69) is 10.0 Å². The Hall–Kier alpha value is -3.68. The number of carboxylic acid groups (broad SMARTS) is 1. The van der Waals surface area contributed by atoms with Crippen LogP contribution in [0.2, 0.25) is 0 Å². The third kappa shape index (κ3) is 4.60. The van der Waals surface area contributed by atoms with E-state index in [1.165, 1.54) is 23.8 Å². The van der Waals surface area contributed by atoms with Crippen molar-refractivity contribution in [3.8, 4) is 6.07 Å². The lowest BCUT2D eigenvalue weighted by Crippen LogP contribution is -2.15. The van der Waals surface area contributed by atoms with Gasteiger partial charge in [0.25, 0.3) is 15.9 Å². The summed E-state index contributed by atoms with van der Waals surface area (Å²) in [6.07, 6.45) is 2.96. The molecule has 8 nitrogen and oxygen atoms in total. The van der Waals surface area contributed by atoms with Crippen LogP contribution in [-0.2, 0) is 22.9 Å². The van der Waals surface area contributed by atoms with Crippen molar-refractivity contribution in [3.05, 3.63) is 74.5 Å². The zero-order valence-electron chi connectivity index (χ0n) is 17.5. The van der Waals surface area contributed by atoms with E-state index in [9.17, 15) is 23.1 Å². The number of hydrogen-bond donors (Lipinski definition) is 3. The molecule has 0 saturated heterocycles. The Morgan fingerprint density at radius 1 is 1.09 bits per heavy atom. The number of amides is 1. The van der Waals surface area contributed by atoms with Gasteiger partial charge in [-0.3, -0.25) is 9.52 Å². The third-order valence-electron chi connectivity index (χ3n) is 5.36. The molecule has 0 atom stereocenters. The summed E-state index contributed by atoms with van der Waals surface area (Å²) in [5.41, 5.74) is 2.75. The highest BCUT2D eigenvalue weighted by Crippen LogP contribution is 2.30. The van der Waals surface area contributed by atoms with Crippen molar-refractivity contribution in [2.75, 3.05) is 10.0 Å². The van der Waals surface area contributed by atoms with Crippen molar-refractivity contribution < 1.29 is 23.1 Å². The molecule has 0 saturated carbocycles. The maximum absolute atomic E-state index is 13.0. The molecule has 1 aliphatic rings. The first-order valence-corrected chi connectivity index (χ1v) is 12.3. The molecule has 168 valence electrons. The molecule has 3 N–H and O–H groups in total. The SMILES string of the molecule is Cc1sc(C(=O)Nc2ccc(C#N)cc2C(=O)O)cc1S(=O)(=O)Nc1ccc2c(c1)CCC2. The van der Waals surface area contributed by atoms with Crippen LogP contribution in [0.4, 0.5) is 11.4 Å². The maximum Gasteiger partial charge on any atom is 0.337 e. The number of benzene rings is 2. The summed E-state index contributed by atoms with van der Waals surface area (Å²) in [4.78, 5) is 24.8. The zero-order valence-corrected chi connectivity index (χ0v) is 19.1. The number of carboxylic acids is 1. The molecule has 1 heterocycles. The Morgan fingerprint density at radius 3 is 2.58 bits per heavy atom. The monoisotopic (exact) mass is 481 g/mol. The summed E-state index contributed by atoms with van der Waals surface area (Å²) in [5, 5.41) is 20.8. The lowest BCUT2D eigenvalue weighted by molar-refractivity contribution is 0.0698. The highest BCUT2D eigenvalue weighted by atomic mass is 32.2. The number of rotatable bonds is 6. The molecule has 1 aliphatic carbocycles. The minimum absolute atomic E-state index is 0.0122. The van der Waals surface area contributed by atoms with Crippen LogP contribution in [0.5, 0.6) is 0 Å². The summed E-state index contributed by atoms with van der Waals surface area (Å²) in [6.45, 7) is 1.60. The number of nitrogens with zero attached hydrogens (tertiary/aromatic N) is 1. The first-order chi connectivity index (χ1) is 15.7. The lowest BCUT2D eigenvalue weighted by atomic mass is 10.1. The van der Waals surface area contributed by atoms with Gasteiger partial charge in [-0.25, -0.2) is 13.2 Å². The first kappa shape index (κ1) is 22.5. The number of aryl methyl sites for hydroxylation is 3. The normalized spacial score (nSPS) is 12.6. The molecule has 0 radical (unpaired) electrons. The molecule has 0 unspecified atom stereocenters. The fraction of sp³-hybridized carbons (Fsp3) is 0.174. The summed E-state index contributed by atoms with van der Waals surface area (Å²) >= 11 is 0.990. The number of fused-ring (bicyclic) bond motifs is 1. The number of nitriles is 1. The predicted octanol–water partition coefficient (Wildman–Crippen LogP) is 4.17. The van der Waals surface area contributed by atoms with Crippen molar-refractivity contribution in [1.29, 1.82) is 5.26 Å². The summed E-state index contributed by atoms with van der Waals surface area (Å²) in [6, 6.07) is 12.5. The van der Waals surface area contributed by atoms with Gasteiger partial charge in [-0.15, -0.1) is 11.3 Å². The standard InChI is InChI=1S/C23H19N3O5S2/c1-13-21(33(30,31)26-17-7-6-15-3-2-4-16(15)10-17)11-20(32-13)22(27)25-19-8-5-14(12-24)9-18(19)23(28)29/h5-11,26H,2-4H2,1H3,(H,25,27)(H,28,29). The largest absolute Gasteiger partial charge is 0.478 e. The number of hydrogen-bond acceptors (Lipinski definition) is 6. The summed E-state index contributed by atoms with van der Waals surface area (Å²) in [7, 11) is -3.93. The van der Waals surface area contributed by atoms with Gasteiger partial charge >= 0.3 is 5.97 Å². The van der Waals surface area contributed by atoms with Crippen LogP contribution in [0.25, 0.3) is 0 Å². The molecule has 2 aromatic carbocycles. The quantitative estimate of drug-likeness (QED) is 0.483. The van der Waals surface area contributed by atoms with Gasteiger partial charge < -0.3 is 10.4 Å². The van der Waals surface area contributed by atoms with E-state index in [0.717, 1.165) is 42.2 Å². The number of sulfonamides is 1. The van der Waals surface area contributed by atoms with Crippen LogP contribution in [0.15, 0.2) is 47.4 Å². The third-order valence-corrected chi connectivity index (χ3v) is 8.05. The van der Waals surface area contributed by atoms with Gasteiger partial charge in [0.15, 0.2) is 0 Å². The number of thiophene rings is 1. The molecule has 1 amide bonds. The van der Waals surface area contributed by atoms with Gasteiger partial charge in [0.2, 0.25) is 0 Å². The Kier molecular flexibility index (Phi) is 5.93. The van der Waals surface area contributed by atoms with E-state index in [4.69, 9.17) is 5.26 Å². The molecule has 1 aromatic heterocycles. The molecule has 33 heavy (non-hydrogen) atoms. The average Bonchev–Trinajstić information content (AvgIpc) is 3.40. The molecular formula is C23H19N3O5S2. The van der Waals surface area contributed by atoms with E-state index in [1.807, 2.05) is 18.2 Å². The molecule has 0 aliphatic heterocycles. The number of carbonyl (C=O) groups is 2. The molecule has 0 bridgehead atoms. The van der Waals surface area contributed by atoms with Gasteiger partial charge in [0.1, 0.15) is 4.90 Å². The second-order valence-corrected chi connectivity index (χ2v) is 10.5. The fourth-order valence-corrected chi connectivity index (χ4v) is 6.31. The maximum atomic E-state index is 13.0. The van der Waals surface area contributed by atoms with E-state index >= 15 is 0 Å². The van der Waals surface area contributed by atoms with Crippen LogP contribution in [0.1, 0.15) is 48.0 Å². The number of nitrogens with one attached hydrogen (secondary N) is 2. The van der Waals surface area contributed by atoms with Crippen LogP contribution in [0, 0.1) is 18.3 Å². The predicted molar refractivity (Wildman–Crippen MR) is 124 cm³/mol. The second-order valence-electron chi connectivity index (χ2n) is 7.61. The van der Waals surface area contributed by atoms with Crippen molar-refractivity contribution >= 4 is 44.6 Å². The van der Waals surface area contributed by atoms with Crippen LogP contribution < -0.4 is 10.0 Å². The number of carbonyl (C=O) groups excluding carboxylic acids is 1. The van der Waals surface area contributed by atoms with Crippen molar-refractivity contribution in [3.63, 3.8) is 0 Å². The highest BCUT2D eigenvalue weighted by Gasteiger charge is 2.24. The molecule has 10 heteroatoms. The Labute approximate surface area is 194 Å². The van der Waals surface area contributed by atoms with E-state index < -0.39 is 21.9 Å². The number of anilines is 2. The van der Waals surface area contributed by atoms with Crippen molar-refractivity contribution in [1.82, 2.24) is 0 Å². The zero-order chi connectivity index (χ0) is 23.8. The Balaban J connectivity index is 1.57. The molecule has 4 rings (SSSR count). The van der Waals surface area contributed by atoms with Crippen molar-refractivity contribution in [2.45, 2.75) is 31.1 Å².